The maximum absolute atomic E-state index is 11.5. The summed E-state index contributed by atoms with van der Waals surface area (Å²) in [5.41, 5.74) is 1.13. The second-order valence-electron chi connectivity index (χ2n) is 4.81. The number of ketones is 1. The molecule has 1 atom stereocenters. The molecule has 0 radical (unpaired) electrons. The van der Waals surface area contributed by atoms with Gasteiger partial charge in [0.15, 0.2) is 5.78 Å². The molecular formula is C16H14O2. The fourth-order valence-electron chi connectivity index (χ4n) is 2.57. The van der Waals surface area contributed by atoms with E-state index in [2.05, 4.69) is 30.3 Å². The number of benzene rings is 2. The van der Waals surface area contributed by atoms with Crippen LogP contribution in [-0.2, 0) is 4.79 Å². The van der Waals surface area contributed by atoms with E-state index in [1.807, 2.05) is 12.1 Å². The molecule has 0 saturated carbocycles. The summed E-state index contributed by atoms with van der Waals surface area (Å²) in [7, 11) is 0. The van der Waals surface area contributed by atoms with Crippen molar-refractivity contribution in [2.45, 2.75) is 18.8 Å². The third-order valence-corrected chi connectivity index (χ3v) is 3.48. The van der Waals surface area contributed by atoms with Crippen LogP contribution >= 0.6 is 0 Å². The molecule has 90 valence electrons. The molecule has 0 amide bonds. The van der Waals surface area contributed by atoms with Gasteiger partial charge in [0.25, 0.3) is 0 Å². The van der Waals surface area contributed by atoms with Gasteiger partial charge in [-0.15, -0.1) is 0 Å². The molecule has 0 bridgehead atoms. The lowest BCUT2D eigenvalue weighted by Crippen LogP contribution is -2.12. The van der Waals surface area contributed by atoms with E-state index in [9.17, 15) is 9.90 Å². The lowest BCUT2D eigenvalue weighted by atomic mass is 9.85. The van der Waals surface area contributed by atoms with Gasteiger partial charge < -0.3 is 5.11 Å². The van der Waals surface area contributed by atoms with Gasteiger partial charge in [-0.05, 0) is 22.3 Å². The fourth-order valence-corrected chi connectivity index (χ4v) is 2.57. The summed E-state index contributed by atoms with van der Waals surface area (Å²) in [5, 5.41) is 11.9. The minimum atomic E-state index is 0.0110. The van der Waals surface area contributed by atoms with Gasteiger partial charge in [0.2, 0.25) is 0 Å². The largest absolute Gasteiger partial charge is 0.512 e. The summed E-state index contributed by atoms with van der Waals surface area (Å²) in [4.78, 5) is 11.5. The van der Waals surface area contributed by atoms with Crippen LogP contribution in [0.3, 0.4) is 0 Å². The van der Waals surface area contributed by atoms with Crippen molar-refractivity contribution in [3.05, 3.63) is 59.9 Å². The molecule has 2 nitrogen and oxygen atoms in total. The average molecular weight is 238 g/mol. The van der Waals surface area contributed by atoms with Gasteiger partial charge in [-0.25, -0.2) is 0 Å². The normalized spacial score (nSPS) is 19.9. The number of fused-ring (bicyclic) bond motifs is 1. The van der Waals surface area contributed by atoms with Gasteiger partial charge in [-0.2, -0.15) is 0 Å². The van der Waals surface area contributed by atoms with E-state index in [-0.39, 0.29) is 17.5 Å². The Morgan fingerprint density at radius 3 is 2.56 bits per heavy atom. The highest BCUT2D eigenvalue weighted by Crippen LogP contribution is 2.32. The molecule has 0 spiro atoms. The number of carbonyl (C=O) groups is 1. The van der Waals surface area contributed by atoms with Crippen LogP contribution in [0.1, 0.15) is 24.3 Å². The van der Waals surface area contributed by atoms with Crippen LogP contribution in [0.25, 0.3) is 10.8 Å². The van der Waals surface area contributed by atoms with Crippen molar-refractivity contribution in [2.75, 3.05) is 0 Å². The first kappa shape index (κ1) is 11.0. The second-order valence-corrected chi connectivity index (χ2v) is 4.81. The van der Waals surface area contributed by atoms with Crippen LogP contribution in [0.15, 0.2) is 54.3 Å². The lowest BCUT2D eigenvalue weighted by molar-refractivity contribution is -0.115. The molecule has 2 aromatic carbocycles. The van der Waals surface area contributed by atoms with Crippen molar-refractivity contribution >= 4 is 16.6 Å². The SMILES string of the molecule is O=C1C=C(O)CC(c2ccc3ccccc3c2)C1. The second kappa shape index (κ2) is 4.30. The van der Waals surface area contributed by atoms with Gasteiger partial charge in [0.05, 0.1) is 5.76 Å². The fraction of sp³-hybridized carbons (Fsp3) is 0.188. The summed E-state index contributed by atoms with van der Waals surface area (Å²) in [6, 6.07) is 14.4. The van der Waals surface area contributed by atoms with E-state index in [4.69, 9.17) is 0 Å². The molecule has 0 aliphatic heterocycles. The van der Waals surface area contributed by atoms with Crippen LogP contribution < -0.4 is 0 Å². The molecular weight excluding hydrogens is 224 g/mol. The smallest absolute Gasteiger partial charge is 0.159 e. The third-order valence-electron chi connectivity index (χ3n) is 3.48. The number of carbonyl (C=O) groups excluding carboxylic acids is 1. The summed E-state index contributed by atoms with van der Waals surface area (Å²) >= 11 is 0. The van der Waals surface area contributed by atoms with Crippen LogP contribution in [0, 0.1) is 0 Å². The highest BCUT2D eigenvalue weighted by molar-refractivity contribution is 5.92. The minimum absolute atomic E-state index is 0.0110. The number of aliphatic hydroxyl groups is 1. The molecule has 1 aliphatic carbocycles. The van der Waals surface area contributed by atoms with Crippen LogP contribution in [0.5, 0.6) is 0 Å². The van der Waals surface area contributed by atoms with Gasteiger partial charge in [-0.1, -0.05) is 42.5 Å². The van der Waals surface area contributed by atoms with Crippen LogP contribution in [0.4, 0.5) is 0 Å². The van der Waals surface area contributed by atoms with E-state index in [1.54, 1.807) is 0 Å². The third kappa shape index (κ3) is 2.02. The molecule has 1 unspecified atom stereocenters. The van der Waals surface area contributed by atoms with Crippen molar-refractivity contribution in [1.82, 2.24) is 0 Å². The van der Waals surface area contributed by atoms with Crippen molar-refractivity contribution < 1.29 is 9.90 Å². The Hall–Kier alpha value is -2.09. The Morgan fingerprint density at radius 1 is 1.00 bits per heavy atom. The van der Waals surface area contributed by atoms with E-state index < -0.39 is 0 Å². The maximum atomic E-state index is 11.5. The Bertz CT molecular complexity index is 640. The molecule has 18 heavy (non-hydrogen) atoms. The summed E-state index contributed by atoms with van der Waals surface area (Å²) in [6.07, 6.45) is 2.39. The monoisotopic (exact) mass is 238 g/mol. The average Bonchev–Trinajstić information content (AvgIpc) is 2.37. The number of aliphatic hydroxyl groups excluding tert-OH is 1. The highest BCUT2D eigenvalue weighted by Gasteiger charge is 2.21. The van der Waals surface area contributed by atoms with Gasteiger partial charge in [-0.3, -0.25) is 4.79 Å². The van der Waals surface area contributed by atoms with Gasteiger partial charge in [0.1, 0.15) is 0 Å². The number of hydrogen-bond donors (Lipinski definition) is 1. The number of rotatable bonds is 1. The van der Waals surface area contributed by atoms with Crippen molar-refractivity contribution in [1.29, 1.82) is 0 Å². The molecule has 2 heteroatoms. The Morgan fingerprint density at radius 2 is 1.78 bits per heavy atom. The van der Waals surface area contributed by atoms with Crippen molar-refractivity contribution in [3.63, 3.8) is 0 Å². The molecule has 0 fully saturated rings. The zero-order chi connectivity index (χ0) is 12.5. The molecule has 1 aliphatic rings. The Labute approximate surface area is 106 Å². The molecule has 1 N–H and O–H groups in total. The van der Waals surface area contributed by atoms with Crippen molar-refractivity contribution in [2.24, 2.45) is 0 Å². The Balaban J connectivity index is 2.00. The van der Waals surface area contributed by atoms with Gasteiger partial charge >= 0.3 is 0 Å². The maximum Gasteiger partial charge on any atom is 0.159 e. The Kier molecular flexibility index (Phi) is 2.63. The summed E-state index contributed by atoms with van der Waals surface area (Å²) < 4.78 is 0. The predicted octanol–water partition coefficient (Wildman–Crippen LogP) is 3.73. The lowest BCUT2D eigenvalue weighted by Gasteiger charge is -2.19. The quantitative estimate of drug-likeness (QED) is 0.822. The molecule has 2 aromatic rings. The van der Waals surface area contributed by atoms with Crippen LogP contribution in [-0.4, -0.2) is 10.9 Å². The molecule has 0 saturated heterocycles. The van der Waals surface area contributed by atoms with Gasteiger partial charge in [0, 0.05) is 18.9 Å². The standard InChI is InChI=1S/C16H14O2/c17-15-8-14(9-16(18)10-15)13-6-5-11-3-1-2-4-12(11)7-13/h1-7,10,14,17H,8-9H2. The first-order valence-electron chi connectivity index (χ1n) is 6.13. The molecule has 3 rings (SSSR count). The molecule has 0 heterocycles. The van der Waals surface area contributed by atoms with Crippen molar-refractivity contribution in [3.8, 4) is 0 Å². The highest BCUT2D eigenvalue weighted by atomic mass is 16.3. The predicted molar refractivity (Wildman–Crippen MR) is 71.6 cm³/mol. The first-order chi connectivity index (χ1) is 8.72. The summed E-state index contributed by atoms with van der Waals surface area (Å²) in [6.45, 7) is 0. The van der Waals surface area contributed by atoms with E-state index in [1.165, 1.54) is 16.8 Å². The van der Waals surface area contributed by atoms with E-state index >= 15 is 0 Å². The first-order valence-corrected chi connectivity index (χ1v) is 6.13. The van der Waals surface area contributed by atoms with E-state index in [0.29, 0.717) is 12.8 Å². The van der Waals surface area contributed by atoms with Crippen LogP contribution in [0.2, 0.25) is 0 Å². The summed E-state index contributed by atoms with van der Waals surface area (Å²) in [5.74, 6) is 0.313. The number of hydrogen-bond acceptors (Lipinski definition) is 2. The zero-order valence-electron chi connectivity index (χ0n) is 9.97. The minimum Gasteiger partial charge on any atom is -0.512 e. The number of allylic oxidation sites excluding steroid dienone is 2. The molecule has 0 aromatic heterocycles. The zero-order valence-corrected chi connectivity index (χ0v) is 9.97. The van der Waals surface area contributed by atoms with E-state index in [0.717, 1.165) is 5.56 Å². The topological polar surface area (TPSA) is 37.3 Å².